The van der Waals surface area contributed by atoms with E-state index in [2.05, 4.69) is 5.10 Å². The predicted molar refractivity (Wildman–Crippen MR) is 39.4 cm³/mol. The number of aromatic nitrogens is 2. The van der Waals surface area contributed by atoms with Crippen LogP contribution in [0.15, 0.2) is 12.3 Å². The molecule has 1 aromatic heterocycles. The van der Waals surface area contributed by atoms with Crippen LogP contribution in [-0.2, 0) is 6.54 Å². The number of hydrogen-bond acceptors (Lipinski definition) is 2. The molecule has 0 saturated heterocycles. The molecular weight excluding hydrogens is 126 g/mol. The Morgan fingerprint density at radius 1 is 1.70 bits per heavy atom. The van der Waals surface area contributed by atoms with Crippen molar-refractivity contribution in [1.29, 1.82) is 0 Å². The standard InChI is InChI=1S/C7H11N3/c8-7-3-4-10(9-7)5-6-1-2-6/h3-4,6H,1-2,5H2,(H2,8,9). The molecule has 0 unspecified atom stereocenters. The van der Waals surface area contributed by atoms with Gasteiger partial charge in [0.05, 0.1) is 0 Å². The van der Waals surface area contributed by atoms with E-state index in [1.807, 2.05) is 16.9 Å². The van der Waals surface area contributed by atoms with Crippen molar-refractivity contribution >= 4 is 5.82 Å². The maximum Gasteiger partial charge on any atom is 0.145 e. The highest BCUT2D eigenvalue weighted by Crippen LogP contribution is 2.30. The zero-order valence-electron chi connectivity index (χ0n) is 5.83. The van der Waals surface area contributed by atoms with Gasteiger partial charge < -0.3 is 5.73 Å². The van der Waals surface area contributed by atoms with Gasteiger partial charge in [0, 0.05) is 12.7 Å². The van der Waals surface area contributed by atoms with E-state index in [1.165, 1.54) is 12.8 Å². The summed E-state index contributed by atoms with van der Waals surface area (Å²) >= 11 is 0. The summed E-state index contributed by atoms with van der Waals surface area (Å²) in [5.41, 5.74) is 5.44. The van der Waals surface area contributed by atoms with E-state index in [0.29, 0.717) is 5.82 Å². The van der Waals surface area contributed by atoms with Gasteiger partial charge in [-0.1, -0.05) is 0 Å². The average Bonchev–Trinajstić information content (AvgIpc) is 2.59. The van der Waals surface area contributed by atoms with Crippen molar-refractivity contribution in [2.24, 2.45) is 5.92 Å². The molecule has 10 heavy (non-hydrogen) atoms. The minimum absolute atomic E-state index is 0.626. The Morgan fingerprint density at radius 2 is 2.50 bits per heavy atom. The average molecular weight is 137 g/mol. The largest absolute Gasteiger partial charge is 0.382 e. The molecule has 3 heteroatoms. The lowest BCUT2D eigenvalue weighted by Gasteiger charge is -1.95. The molecular formula is C7H11N3. The number of hydrogen-bond donors (Lipinski definition) is 1. The normalized spacial score (nSPS) is 17.6. The van der Waals surface area contributed by atoms with Crippen molar-refractivity contribution in [1.82, 2.24) is 9.78 Å². The van der Waals surface area contributed by atoms with Gasteiger partial charge in [0.1, 0.15) is 5.82 Å². The summed E-state index contributed by atoms with van der Waals surface area (Å²) in [7, 11) is 0. The fourth-order valence-corrected chi connectivity index (χ4v) is 1.04. The summed E-state index contributed by atoms with van der Waals surface area (Å²) in [6, 6.07) is 1.84. The van der Waals surface area contributed by atoms with Crippen molar-refractivity contribution in [3.63, 3.8) is 0 Å². The third-order valence-electron chi connectivity index (χ3n) is 1.80. The molecule has 0 aromatic carbocycles. The second kappa shape index (κ2) is 2.01. The summed E-state index contributed by atoms with van der Waals surface area (Å²) in [6.07, 6.45) is 4.66. The number of nitrogens with two attached hydrogens (primary N) is 1. The van der Waals surface area contributed by atoms with Gasteiger partial charge in [0.25, 0.3) is 0 Å². The second-order valence-corrected chi connectivity index (χ2v) is 2.91. The molecule has 0 bridgehead atoms. The Labute approximate surface area is 59.8 Å². The van der Waals surface area contributed by atoms with Crippen molar-refractivity contribution < 1.29 is 0 Å². The lowest BCUT2D eigenvalue weighted by atomic mass is 10.4. The lowest BCUT2D eigenvalue weighted by Crippen LogP contribution is -2.00. The van der Waals surface area contributed by atoms with Gasteiger partial charge in [-0.05, 0) is 24.8 Å². The molecule has 1 aliphatic rings. The molecule has 3 nitrogen and oxygen atoms in total. The number of rotatable bonds is 2. The molecule has 1 saturated carbocycles. The summed E-state index contributed by atoms with van der Waals surface area (Å²) in [5.74, 6) is 1.50. The Bertz CT molecular complexity index is 225. The van der Waals surface area contributed by atoms with E-state index in [0.717, 1.165) is 12.5 Å². The first-order valence-electron chi connectivity index (χ1n) is 3.63. The van der Waals surface area contributed by atoms with E-state index >= 15 is 0 Å². The minimum Gasteiger partial charge on any atom is -0.382 e. The van der Waals surface area contributed by atoms with Crippen LogP contribution in [0.3, 0.4) is 0 Å². The van der Waals surface area contributed by atoms with Crippen LogP contribution in [-0.4, -0.2) is 9.78 Å². The maximum absolute atomic E-state index is 5.44. The van der Waals surface area contributed by atoms with Crippen LogP contribution in [0.1, 0.15) is 12.8 Å². The van der Waals surface area contributed by atoms with Crippen molar-refractivity contribution in [3.05, 3.63) is 12.3 Å². The fraction of sp³-hybridized carbons (Fsp3) is 0.571. The Hall–Kier alpha value is -0.990. The molecule has 54 valence electrons. The molecule has 0 amide bonds. The number of nitrogens with zero attached hydrogens (tertiary/aromatic N) is 2. The summed E-state index contributed by atoms with van der Waals surface area (Å²) < 4.78 is 1.92. The monoisotopic (exact) mass is 137 g/mol. The van der Waals surface area contributed by atoms with Crippen LogP contribution >= 0.6 is 0 Å². The van der Waals surface area contributed by atoms with Gasteiger partial charge in [0.2, 0.25) is 0 Å². The van der Waals surface area contributed by atoms with Crippen LogP contribution in [0.25, 0.3) is 0 Å². The smallest absolute Gasteiger partial charge is 0.145 e. The van der Waals surface area contributed by atoms with Gasteiger partial charge >= 0.3 is 0 Å². The highest BCUT2D eigenvalue weighted by Gasteiger charge is 2.21. The van der Waals surface area contributed by atoms with Crippen LogP contribution < -0.4 is 5.73 Å². The summed E-state index contributed by atoms with van der Waals surface area (Å²) in [6.45, 7) is 1.05. The van der Waals surface area contributed by atoms with Crippen LogP contribution in [0.4, 0.5) is 5.82 Å². The first kappa shape index (κ1) is 5.77. The first-order valence-corrected chi connectivity index (χ1v) is 3.63. The number of nitrogen functional groups attached to an aromatic ring is 1. The summed E-state index contributed by atoms with van der Waals surface area (Å²) in [5, 5.41) is 4.09. The van der Waals surface area contributed by atoms with E-state index in [1.54, 1.807) is 0 Å². The molecule has 0 aliphatic heterocycles. The van der Waals surface area contributed by atoms with Crippen LogP contribution in [0.2, 0.25) is 0 Å². The minimum atomic E-state index is 0.626. The molecule has 1 fully saturated rings. The molecule has 2 N–H and O–H groups in total. The Kier molecular flexibility index (Phi) is 1.16. The third kappa shape index (κ3) is 1.12. The van der Waals surface area contributed by atoms with Crippen molar-refractivity contribution in [2.45, 2.75) is 19.4 Å². The molecule has 2 rings (SSSR count). The van der Waals surface area contributed by atoms with E-state index in [-0.39, 0.29) is 0 Å². The van der Waals surface area contributed by atoms with Gasteiger partial charge in [-0.25, -0.2) is 0 Å². The fourth-order valence-electron chi connectivity index (χ4n) is 1.04. The van der Waals surface area contributed by atoms with Gasteiger partial charge in [0.15, 0.2) is 0 Å². The maximum atomic E-state index is 5.44. The van der Waals surface area contributed by atoms with Gasteiger partial charge in [-0.3, -0.25) is 4.68 Å². The Balaban J connectivity index is 2.03. The molecule has 0 atom stereocenters. The van der Waals surface area contributed by atoms with Crippen molar-refractivity contribution in [2.75, 3.05) is 5.73 Å². The van der Waals surface area contributed by atoms with Gasteiger partial charge in [-0.2, -0.15) is 5.10 Å². The van der Waals surface area contributed by atoms with E-state index < -0.39 is 0 Å². The second-order valence-electron chi connectivity index (χ2n) is 2.91. The third-order valence-corrected chi connectivity index (χ3v) is 1.80. The quantitative estimate of drug-likeness (QED) is 0.657. The highest BCUT2D eigenvalue weighted by molar-refractivity contribution is 5.23. The molecule has 1 aliphatic carbocycles. The summed E-state index contributed by atoms with van der Waals surface area (Å²) in [4.78, 5) is 0. The zero-order valence-corrected chi connectivity index (χ0v) is 5.83. The first-order chi connectivity index (χ1) is 4.84. The topological polar surface area (TPSA) is 43.8 Å². The molecule has 0 spiro atoms. The lowest BCUT2D eigenvalue weighted by molar-refractivity contribution is 0.565. The van der Waals surface area contributed by atoms with Gasteiger partial charge in [-0.15, -0.1) is 0 Å². The SMILES string of the molecule is Nc1ccn(CC2CC2)n1. The van der Waals surface area contributed by atoms with E-state index in [4.69, 9.17) is 5.73 Å². The van der Waals surface area contributed by atoms with Crippen LogP contribution in [0, 0.1) is 5.92 Å². The zero-order chi connectivity index (χ0) is 6.97. The highest BCUT2D eigenvalue weighted by atomic mass is 15.3. The van der Waals surface area contributed by atoms with Crippen molar-refractivity contribution in [3.8, 4) is 0 Å². The molecule has 1 aromatic rings. The predicted octanol–water partition coefficient (Wildman–Crippen LogP) is 0.875. The molecule has 1 heterocycles. The Morgan fingerprint density at radius 3 is 3.00 bits per heavy atom. The van der Waals surface area contributed by atoms with E-state index in [9.17, 15) is 0 Å². The van der Waals surface area contributed by atoms with Crippen LogP contribution in [0.5, 0.6) is 0 Å². The molecule has 0 radical (unpaired) electrons. The number of anilines is 1.